The van der Waals surface area contributed by atoms with Crippen LogP contribution in [0.25, 0.3) is 0 Å². The minimum atomic E-state index is -0.869. The van der Waals surface area contributed by atoms with Crippen LogP contribution in [0.1, 0.15) is 0 Å². The molecule has 0 aliphatic carbocycles. The van der Waals surface area contributed by atoms with E-state index in [9.17, 15) is 4.21 Å². The van der Waals surface area contributed by atoms with Crippen LogP contribution in [0.15, 0.2) is 29.4 Å². The van der Waals surface area contributed by atoms with E-state index >= 15 is 0 Å². The molecule has 0 spiro atoms. The normalized spacial score (nSPS) is 13.0. The van der Waals surface area contributed by atoms with E-state index in [0.717, 1.165) is 4.90 Å². The number of aromatic nitrogens is 1. The molecular weight excluding hydrogens is 134 g/mol. The van der Waals surface area contributed by atoms with Crippen molar-refractivity contribution in [3.8, 4) is 0 Å². The van der Waals surface area contributed by atoms with Crippen molar-refractivity contribution in [2.45, 2.75) is 4.90 Å². The number of nitrogens with zero attached hydrogens (tertiary/aromatic N) is 1. The molecule has 1 rings (SSSR count). The molecule has 0 saturated carbocycles. The van der Waals surface area contributed by atoms with Gasteiger partial charge in [-0.1, -0.05) is 0 Å². The molecule has 9 heavy (non-hydrogen) atoms. The largest absolute Gasteiger partial charge is 0.265 e. The van der Waals surface area contributed by atoms with E-state index in [2.05, 4.69) is 4.98 Å². The highest BCUT2D eigenvalue weighted by atomic mass is 32.2. The van der Waals surface area contributed by atoms with Gasteiger partial charge in [-0.3, -0.25) is 9.19 Å². The molecule has 0 saturated heterocycles. The van der Waals surface area contributed by atoms with Crippen LogP contribution in [-0.4, -0.2) is 15.4 Å². The summed E-state index contributed by atoms with van der Waals surface area (Å²) in [5.41, 5.74) is 0. The molecule has 0 radical (unpaired) electrons. The van der Waals surface area contributed by atoms with Gasteiger partial charge >= 0.3 is 0 Å². The van der Waals surface area contributed by atoms with Gasteiger partial charge in [0.2, 0.25) is 0 Å². The second-order valence-electron chi connectivity index (χ2n) is 1.64. The highest BCUT2D eigenvalue weighted by molar-refractivity contribution is 7.84. The Bertz CT molecular complexity index is 210. The quantitative estimate of drug-likeness (QED) is 0.579. The maximum Gasteiger partial charge on any atom is 0.0499 e. The summed E-state index contributed by atoms with van der Waals surface area (Å²) in [5, 5.41) is 0. The first-order chi connectivity index (χ1) is 4.30. The average molecular weight is 141 g/mol. The van der Waals surface area contributed by atoms with Crippen LogP contribution >= 0.6 is 0 Å². The predicted octanol–water partition coefficient (Wildman–Crippen LogP) is 0.819. The first kappa shape index (κ1) is 6.42. The molecule has 0 amide bonds. The fourth-order valence-corrected chi connectivity index (χ4v) is 1.03. The first-order valence-corrected chi connectivity index (χ1v) is 4.10. The minimum absolute atomic E-state index is 0.824. The first-order valence-electron chi connectivity index (χ1n) is 2.54. The van der Waals surface area contributed by atoms with Gasteiger partial charge in [0.25, 0.3) is 0 Å². The Hall–Kier alpha value is -0.700. The third-order valence-electron chi connectivity index (χ3n) is 0.982. The van der Waals surface area contributed by atoms with Gasteiger partial charge in [0.05, 0.1) is 0 Å². The van der Waals surface area contributed by atoms with Crippen LogP contribution in [0.3, 0.4) is 0 Å². The number of hydrogen-bond acceptors (Lipinski definition) is 2. The van der Waals surface area contributed by atoms with Crippen LogP contribution < -0.4 is 0 Å². The molecule has 0 fully saturated rings. The van der Waals surface area contributed by atoms with E-state index in [1.165, 1.54) is 0 Å². The molecular formula is C6H7NOS. The van der Waals surface area contributed by atoms with E-state index in [-0.39, 0.29) is 0 Å². The van der Waals surface area contributed by atoms with Crippen molar-refractivity contribution < 1.29 is 4.21 Å². The van der Waals surface area contributed by atoms with Gasteiger partial charge in [0.1, 0.15) is 0 Å². The standard InChI is InChI=1S/C6H7NOS/c1-9(8)6-2-4-7-5-3-6/h2-5H,1H3/t9-/m0/s1. The van der Waals surface area contributed by atoms with Crippen molar-refractivity contribution in [1.82, 2.24) is 4.98 Å². The zero-order valence-corrected chi connectivity index (χ0v) is 5.89. The molecule has 0 bridgehead atoms. The van der Waals surface area contributed by atoms with E-state index in [0.29, 0.717) is 0 Å². The van der Waals surface area contributed by atoms with Crippen molar-refractivity contribution in [3.63, 3.8) is 0 Å². The van der Waals surface area contributed by atoms with Crippen molar-refractivity contribution in [3.05, 3.63) is 24.5 Å². The second-order valence-corrected chi connectivity index (χ2v) is 3.02. The summed E-state index contributed by atoms with van der Waals surface area (Å²) < 4.78 is 10.7. The van der Waals surface area contributed by atoms with Gasteiger partial charge in [0.15, 0.2) is 0 Å². The summed E-state index contributed by atoms with van der Waals surface area (Å²) in [6.45, 7) is 0. The summed E-state index contributed by atoms with van der Waals surface area (Å²) in [6, 6.07) is 3.49. The Morgan fingerprint density at radius 1 is 1.44 bits per heavy atom. The molecule has 0 unspecified atom stereocenters. The lowest BCUT2D eigenvalue weighted by Gasteiger charge is -1.90. The Kier molecular flexibility index (Phi) is 1.95. The molecule has 1 aromatic rings. The molecule has 0 aliphatic rings. The smallest absolute Gasteiger partial charge is 0.0499 e. The lowest BCUT2D eigenvalue weighted by Crippen LogP contribution is -1.85. The highest BCUT2D eigenvalue weighted by Crippen LogP contribution is 1.99. The van der Waals surface area contributed by atoms with Gasteiger partial charge in [-0.15, -0.1) is 0 Å². The van der Waals surface area contributed by atoms with Crippen LogP contribution in [0.2, 0.25) is 0 Å². The third-order valence-corrected chi connectivity index (χ3v) is 1.92. The number of hydrogen-bond donors (Lipinski definition) is 0. The van der Waals surface area contributed by atoms with Crippen LogP contribution in [0.5, 0.6) is 0 Å². The number of rotatable bonds is 1. The van der Waals surface area contributed by atoms with Gasteiger partial charge in [-0.25, -0.2) is 0 Å². The molecule has 1 heterocycles. The lowest BCUT2D eigenvalue weighted by atomic mass is 10.5. The Morgan fingerprint density at radius 3 is 2.33 bits per heavy atom. The predicted molar refractivity (Wildman–Crippen MR) is 36.6 cm³/mol. The maximum absolute atomic E-state index is 10.7. The Labute approximate surface area is 56.4 Å². The minimum Gasteiger partial charge on any atom is -0.265 e. The van der Waals surface area contributed by atoms with Crippen LogP contribution in [0.4, 0.5) is 0 Å². The topological polar surface area (TPSA) is 30.0 Å². The van der Waals surface area contributed by atoms with E-state index in [4.69, 9.17) is 0 Å². The van der Waals surface area contributed by atoms with E-state index in [1.54, 1.807) is 30.8 Å². The fourth-order valence-electron chi connectivity index (χ4n) is 0.530. The van der Waals surface area contributed by atoms with E-state index in [1.807, 2.05) is 0 Å². The summed E-state index contributed by atoms with van der Waals surface area (Å²) in [4.78, 5) is 4.62. The van der Waals surface area contributed by atoms with Crippen molar-refractivity contribution in [2.24, 2.45) is 0 Å². The zero-order chi connectivity index (χ0) is 6.69. The van der Waals surface area contributed by atoms with Crippen molar-refractivity contribution in [2.75, 3.05) is 6.26 Å². The average Bonchev–Trinajstić information content (AvgIpc) is 1.90. The van der Waals surface area contributed by atoms with Gasteiger partial charge in [-0.2, -0.15) is 0 Å². The highest BCUT2D eigenvalue weighted by Gasteiger charge is 1.91. The third kappa shape index (κ3) is 1.61. The van der Waals surface area contributed by atoms with Crippen LogP contribution in [-0.2, 0) is 10.8 Å². The van der Waals surface area contributed by atoms with Gasteiger partial charge in [-0.05, 0) is 12.1 Å². The maximum atomic E-state index is 10.7. The molecule has 1 atom stereocenters. The number of pyridine rings is 1. The Balaban J connectivity index is 2.98. The molecule has 48 valence electrons. The summed E-state index contributed by atoms with van der Waals surface area (Å²) in [7, 11) is -0.869. The van der Waals surface area contributed by atoms with Crippen molar-refractivity contribution >= 4 is 10.8 Å². The molecule has 2 nitrogen and oxygen atoms in total. The molecule has 3 heteroatoms. The van der Waals surface area contributed by atoms with Gasteiger partial charge < -0.3 is 0 Å². The molecule has 1 aromatic heterocycles. The monoisotopic (exact) mass is 141 g/mol. The summed E-state index contributed by atoms with van der Waals surface area (Å²) in [5.74, 6) is 0. The van der Waals surface area contributed by atoms with Crippen LogP contribution in [0, 0.1) is 0 Å². The molecule has 0 aliphatic heterocycles. The van der Waals surface area contributed by atoms with E-state index < -0.39 is 10.8 Å². The van der Waals surface area contributed by atoms with Gasteiger partial charge in [0, 0.05) is 34.3 Å². The second kappa shape index (κ2) is 2.73. The molecule has 0 N–H and O–H groups in total. The summed E-state index contributed by atoms with van der Waals surface area (Å²) in [6.07, 6.45) is 4.92. The van der Waals surface area contributed by atoms with Crippen molar-refractivity contribution in [1.29, 1.82) is 0 Å². The summed E-state index contributed by atoms with van der Waals surface area (Å²) >= 11 is 0. The molecule has 0 aromatic carbocycles. The lowest BCUT2D eigenvalue weighted by molar-refractivity contribution is 0.686. The zero-order valence-electron chi connectivity index (χ0n) is 5.07. The fraction of sp³-hybridized carbons (Fsp3) is 0.167. The Morgan fingerprint density at radius 2 is 2.00 bits per heavy atom. The SMILES string of the molecule is C[S@](=O)c1ccncc1.